The maximum absolute atomic E-state index is 12.7. The molecule has 26 heavy (non-hydrogen) atoms. The fourth-order valence-corrected chi connectivity index (χ4v) is 2.70. The van der Waals surface area contributed by atoms with Crippen LogP contribution in [-0.2, 0) is 24.1 Å². The van der Waals surface area contributed by atoms with E-state index in [4.69, 9.17) is 9.84 Å². The number of benzene rings is 1. The molecule has 1 N–H and O–H groups in total. The fraction of sp³-hybridized carbons (Fsp3) is 0.333. The zero-order valence-corrected chi connectivity index (χ0v) is 13.7. The number of likely N-dealkylation sites (tertiary alicyclic amines) is 1. The number of halogens is 3. The zero-order chi connectivity index (χ0) is 18.7. The van der Waals surface area contributed by atoms with E-state index in [1.54, 1.807) is 18.3 Å². The Bertz CT molecular complexity index is 772. The second-order valence-electron chi connectivity index (χ2n) is 6.22. The second-order valence-corrected chi connectivity index (χ2v) is 6.22. The molecule has 1 aromatic heterocycles. The van der Waals surface area contributed by atoms with Crippen LogP contribution in [0.4, 0.5) is 13.2 Å². The summed E-state index contributed by atoms with van der Waals surface area (Å²) < 4.78 is 43.5. The number of alkyl halides is 3. The summed E-state index contributed by atoms with van der Waals surface area (Å²) in [6.45, 7) is 1.62. The van der Waals surface area contributed by atoms with Crippen molar-refractivity contribution in [2.75, 3.05) is 13.1 Å². The highest BCUT2D eigenvalue weighted by Crippen LogP contribution is 2.29. The van der Waals surface area contributed by atoms with E-state index >= 15 is 0 Å². The van der Waals surface area contributed by atoms with Crippen molar-refractivity contribution in [1.29, 1.82) is 0 Å². The summed E-state index contributed by atoms with van der Waals surface area (Å²) in [7, 11) is 0. The summed E-state index contributed by atoms with van der Waals surface area (Å²) in [4.78, 5) is 16.9. The van der Waals surface area contributed by atoms with Crippen LogP contribution < -0.4 is 4.74 Å². The summed E-state index contributed by atoms with van der Waals surface area (Å²) in [5.41, 5.74) is 0.613. The Labute approximate surface area is 148 Å². The van der Waals surface area contributed by atoms with Crippen molar-refractivity contribution in [3.8, 4) is 5.88 Å². The van der Waals surface area contributed by atoms with Gasteiger partial charge in [0.1, 0.15) is 6.61 Å². The third-order valence-electron chi connectivity index (χ3n) is 4.15. The lowest BCUT2D eigenvalue weighted by atomic mass is 10.00. The lowest BCUT2D eigenvalue weighted by Gasteiger charge is -2.36. The van der Waals surface area contributed by atoms with E-state index in [1.165, 1.54) is 6.07 Å². The van der Waals surface area contributed by atoms with Gasteiger partial charge in [-0.2, -0.15) is 13.2 Å². The minimum absolute atomic E-state index is 0.0112. The maximum atomic E-state index is 12.7. The number of hydrogen-bond donors (Lipinski definition) is 1. The number of aromatic nitrogens is 1. The molecule has 3 rings (SSSR count). The molecule has 2 aromatic rings. The third-order valence-corrected chi connectivity index (χ3v) is 4.15. The van der Waals surface area contributed by atoms with Gasteiger partial charge in [0.25, 0.3) is 0 Å². The molecular formula is C18H17F3N2O3. The van der Waals surface area contributed by atoms with Gasteiger partial charge in [0.15, 0.2) is 0 Å². The first-order chi connectivity index (χ1) is 12.3. The predicted molar refractivity (Wildman–Crippen MR) is 86.4 cm³/mol. The van der Waals surface area contributed by atoms with E-state index in [0.29, 0.717) is 31.1 Å². The predicted octanol–water partition coefficient (Wildman–Crippen LogP) is 3.20. The lowest BCUT2D eigenvalue weighted by Crippen LogP contribution is -2.49. The van der Waals surface area contributed by atoms with Crippen LogP contribution in [0.5, 0.6) is 5.88 Å². The molecule has 0 spiro atoms. The number of pyridine rings is 1. The number of hydrogen-bond acceptors (Lipinski definition) is 4. The lowest BCUT2D eigenvalue weighted by molar-refractivity contribution is -0.147. The van der Waals surface area contributed by atoms with Crippen LogP contribution in [0.3, 0.4) is 0 Å². The van der Waals surface area contributed by atoms with Gasteiger partial charge in [0.2, 0.25) is 5.88 Å². The van der Waals surface area contributed by atoms with Crippen LogP contribution in [0, 0.1) is 5.92 Å². The van der Waals surface area contributed by atoms with E-state index in [0.717, 1.165) is 17.7 Å². The van der Waals surface area contributed by atoms with Crippen molar-refractivity contribution in [2.45, 2.75) is 19.3 Å². The Morgan fingerprint density at radius 1 is 1.23 bits per heavy atom. The Morgan fingerprint density at radius 3 is 2.62 bits per heavy atom. The monoisotopic (exact) mass is 366 g/mol. The van der Waals surface area contributed by atoms with Crippen LogP contribution in [0.2, 0.25) is 0 Å². The summed E-state index contributed by atoms with van der Waals surface area (Å²) >= 11 is 0. The highest BCUT2D eigenvalue weighted by Gasteiger charge is 2.32. The van der Waals surface area contributed by atoms with Crippen molar-refractivity contribution in [2.24, 2.45) is 5.92 Å². The van der Waals surface area contributed by atoms with E-state index < -0.39 is 17.7 Å². The number of aliphatic carboxylic acids is 1. The molecule has 1 saturated heterocycles. The molecular weight excluding hydrogens is 349 g/mol. The minimum atomic E-state index is -4.38. The molecule has 138 valence electrons. The average Bonchev–Trinajstić information content (AvgIpc) is 2.56. The SMILES string of the molecule is O=C(O)C1CN(Cc2ccc(OCc3cccc(C(F)(F)F)c3)nc2)C1. The number of nitrogens with zero attached hydrogens (tertiary/aromatic N) is 2. The Balaban J connectivity index is 1.51. The molecule has 1 aromatic carbocycles. The topological polar surface area (TPSA) is 62.7 Å². The van der Waals surface area contributed by atoms with Crippen LogP contribution in [-0.4, -0.2) is 34.0 Å². The number of carboxylic acids is 1. The van der Waals surface area contributed by atoms with Gasteiger partial charge in [-0.25, -0.2) is 4.98 Å². The van der Waals surface area contributed by atoms with Gasteiger partial charge in [0.05, 0.1) is 11.5 Å². The summed E-state index contributed by atoms with van der Waals surface area (Å²) in [5.74, 6) is -0.770. The van der Waals surface area contributed by atoms with Crippen molar-refractivity contribution in [3.05, 3.63) is 59.3 Å². The molecule has 0 bridgehead atoms. The van der Waals surface area contributed by atoms with Gasteiger partial charge < -0.3 is 9.84 Å². The van der Waals surface area contributed by atoms with Gasteiger partial charge in [-0.3, -0.25) is 9.69 Å². The molecule has 0 amide bonds. The van der Waals surface area contributed by atoms with Crippen LogP contribution in [0.1, 0.15) is 16.7 Å². The largest absolute Gasteiger partial charge is 0.481 e. The van der Waals surface area contributed by atoms with Crippen LogP contribution in [0.25, 0.3) is 0 Å². The van der Waals surface area contributed by atoms with E-state index in [1.807, 2.05) is 11.0 Å². The second kappa shape index (κ2) is 7.33. The Hall–Kier alpha value is -2.61. The molecule has 0 unspecified atom stereocenters. The highest BCUT2D eigenvalue weighted by molar-refractivity contribution is 5.71. The Morgan fingerprint density at radius 2 is 2.00 bits per heavy atom. The summed E-state index contributed by atoms with van der Waals surface area (Å²) in [6.07, 6.45) is -2.76. The molecule has 0 radical (unpaired) electrons. The van der Waals surface area contributed by atoms with Gasteiger partial charge >= 0.3 is 12.1 Å². The Kier molecular flexibility index (Phi) is 5.13. The van der Waals surface area contributed by atoms with Gasteiger partial charge in [-0.05, 0) is 23.3 Å². The highest BCUT2D eigenvalue weighted by atomic mass is 19.4. The number of ether oxygens (including phenoxy) is 1. The first-order valence-corrected chi connectivity index (χ1v) is 8.00. The van der Waals surface area contributed by atoms with E-state index in [2.05, 4.69) is 4.98 Å². The van der Waals surface area contributed by atoms with Crippen LogP contribution in [0.15, 0.2) is 42.6 Å². The smallest absolute Gasteiger partial charge is 0.416 e. The number of rotatable bonds is 6. The zero-order valence-electron chi connectivity index (χ0n) is 13.7. The molecule has 0 saturated carbocycles. The molecule has 0 atom stereocenters. The standard InChI is InChI=1S/C18H17F3N2O3/c19-18(20,21)15-3-1-2-12(6-15)11-26-16-5-4-13(7-22-16)8-23-9-14(10-23)17(24)25/h1-7,14H,8-11H2,(H,24,25). The summed E-state index contributed by atoms with van der Waals surface area (Å²) in [5, 5.41) is 8.85. The van der Waals surface area contributed by atoms with Gasteiger partial charge in [0, 0.05) is 31.9 Å². The fourth-order valence-electron chi connectivity index (χ4n) is 2.70. The molecule has 1 fully saturated rings. The quantitative estimate of drug-likeness (QED) is 0.851. The van der Waals surface area contributed by atoms with Gasteiger partial charge in [-0.1, -0.05) is 18.2 Å². The molecule has 8 heteroatoms. The maximum Gasteiger partial charge on any atom is 0.416 e. The van der Waals surface area contributed by atoms with E-state index in [9.17, 15) is 18.0 Å². The van der Waals surface area contributed by atoms with Crippen molar-refractivity contribution in [1.82, 2.24) is 9.88 Å². The molecule has 5 nitrogen and oxygen atoms in total. The first-order valence-electron chi connectivity index (χ1n) is 8.00. The summed E-state index contributed by atoms with van der Waals surface area (Å²) in [6, 6.07) is 8.43. The van der Waals surface area contributed by atoms with Crippen molar-refractivity contribution in [3.63, 3.8) is 0 Å². The molecule has 2 heterocycles. The van der Waals surface area contributed by atoms with E-state index in [-0.39, 0.29) is 12.5 Å². The van der Waals surface area contributed by atoms with Crippen molar-refractivity contribution < 1.29 is 27.8 Å². The minimum Gasteiger partial charge on any atom is -0.481 e. The normalized spacial score (nSPS) is 15.5. The molecule has 1 aliphatic heterocycles. The molecule has 0 aliphatic carbocycles. The van der Waals surface area contributed by atoms with Crippen molar-refractivity contribution >= 4 is 5.97 Å². The van der Waals surface area contributed by atoms with Gasteiger partial charge in [-0.15, -0.1) is 0 Å². The number of carboxylic acid groups (broad SMARTS) is 1. The first kappa shape index (κ1) is 18.2. The molecule has 1 aliphatic rings. The van der Waals surface area contributed by atoms with Crippen LogP contribution >= 0.6 is 0 Å². The number of carbonyl (C=O) groups is 1. The third kappa shape index (κ3) is 4.51. The average molecular weight is 366 g/mol.